The van der Waals surface area contributed by atoms with Gasteiger partial charge in [-0.15, -0.1) is 0 Å². The van der Waals surface area contributed by atoms with Crippen molar-refractivity contribution in [2.45, 2.75) is 71.4 Å². The largest absolute Gasteiger partial charge is 0.382 e. The quantitative estimate of drug-likeness (QED) is 0.389. The van der Waals surface area contributed by atoms with E-state index < -0.39 is 0 Å². The fourth-order valence-electron chi connectivity index (χ4n) is 4.08. The minimum atomic E-state index is 0.345. The van der Waals surface area contributed by atoms with Crippen LogP contribution in [-0.4, -0.2) is 51.0 Å². The van der Waals surface area contributed by atoms with E-state index in [9.17, 15) is 0 Å². The van der Waals surface area contributed by atoms with E-state index in [1.165, 1.54) is 25.7 Å². The number of rotatable bonds is 9. The van der Waals surface area contributed by atoms with Crippen LogP contribution in [0.3, 0.4) is 0 Å². The second-order valence-corrected chi connectivity index (χ2v) is 6.63. The summed E-state index contributed by atoms with van der Waals surface area (Å²) in [5.41, 5.74) is 0.345. The van der Waals surface area contributed by atoms with Crippen LogP contribution in [0.25, 0.3) is 0 Å². The molecule has 0 amide bonds. The molecular weight excluding hydrogens is 290 g/mol. The second-order valence-electron chi connectivity index (χ2n) is 6.63. The number of nitrogens with one attached hydrogen (secondary N) is 2. The Kier molecular flexibility index (Phi) is 7.63. The van der Waals surface area contributed by atoms with E-state index in [1.54, 1.807) is 0 Å². The third-order valence-electron chi connectivity index (χ3n) is 5.26. The third kappa shape index (κ3) is 4.60. The molecule has 2 aliphatic rings. The first-order valence-corrected chi connectivity index (χ1v) is 9.51. The Balaban J connectivity index is 1.87. The van der Waals surface area contributed by atoms with E-state index in [-0.39, 0.29) is 0 Å². The molecule has 2 rings (SSSR count). The lowest BCUT2D eigenvalue weighted by molar-refractivity contribution is -0.125. The van der Waals surface area contributed by atoms with Gasteiger partial charge in [0, 0.05) is 44.4 Å². The first-order valence-electron chi connectivity index (χ1n) is 9.51. The predicted molar refractivity (Wildman–Crippen MR) is 94.9 cm³/mol. The molecule has 2 unspecified atom stereocenters. The van der Waals surface area contributed by atoms with Crippen molar-refractivity contribution in [2.75, 3.05) is 32.9 Å². The molecule has 23 heavy (non-hydrogen) atoms. The highest BCUT2D eigenvalue weighted by molar-refractivity contribution is 5.80. The zero-order valence-corrected chi connectivity index (χ0v) is 15.2. The lowest BCUT2D eigenvalue weighted by atomic mass is 9.60. The highest BCUT2D eigenvalue weighted by Gasteiger charge is 2.56. The standard InChI is InChI=1S/C18H35N3O2/c1-4-19-17(20-12-9-13-22-5-2)21-15-14-16(23-6-3)18(15)10-7-8-11-18/h15-16H,4-14H2,1-3H3,(H2,19,20,21). The average Bonchev–Trinajstić information content (AvgIpc) is 3.06. The molecule has 0 aliphatic heterocycles. The highest BCUT2D eigenvalue weighted by atomic mass is 16.5. The smallest absolute Gasteiger partial charge is 0.191 e. The minimum absolute atomic E-state index is 0.345. The fourth-order valence-corrected chi connectivity index (χ4v) is 4.08. The third-order valence-corrected chi connectivity index (χ3v) is 5.26. The van der Waals surface area contributed by atoms with Gasteiger partial charge in [0.25, 0.3) is 0 Å². The summed E-state index contributed by atoms with van der Waals surface area (Å²) < 4.78 is 11.4. The van der Waals surface area contributed by atoms with Crippen LogP contribution in [0.5, 0.6) is 0 Å². The molecule has 0 aromatic rings. The molecule has 0 aromatic heterocycles. The van der Waals surface area contributed by atoms with E-state index >= 15 is 0 Å². The molecule has 134 valence electrons. The number of hydrogen-bond donors (Lipinski definition) is 2. The van der Waals surface area contributed by atoms with Gasteiger partial charge in [-0.05, 0) is 46.5 Å². The first kappa shape index (κ1) is 18.5. The monoisotopic (exact) mass is 325 g/mol. The molecule has 2 fully saturated rings. The SMILES string of the molecule is CCNC(=NCCCOCC)NC1CC(OCC)C12CCCC2. The van der Waals surface area contributed by atoms with Gasteiger partial charge in [0.1, 0.15) is 0 Å². The summed E-state index contributed by atoms with van der Waals surface area (Å²) in [6.07, 6.45) is 7.78. The van der Waals surface area contributed by atoms with Crippen LogP contribution in [0.1, 0.15) is 59.3 Å². The molecule has 2 saturated carbocycles. The Bertz CT molecular complexity index is 367. The molecule has 2 N–H and O–H groups in total. The summed E-state index contributed by atoms with van der Waals surface area (Å²) >= 11 is 0. The van der Waals surface area contributed by atoms with Crippen LogP contribution >= 0.6 is 0 Å². The van der Waals surface area contributed by atoms with Crippen LogP contribution < -0.4 is 10.6 Å². The zero-order chi connectivity index (χ0) is 16.5. The number of hydrogen-bond acceptors (Lipinski definition) is 3. The Hall–Kier alpha value is -0.810. The van der Waals surface area contributed by atoms with E-state index in [1.807, 2.05) is 6.92 Å². The molecule has 0 bridgehead atoms. The van der Waals surface area contributed by atoms with Crippen LogP contribution in [0, 0.1) is 5.41 Å². The van der Waals surface area contributed by atoms with E-state index in [2.05, 4.69) is 24.5 Å². The molecule has 5 nitrogen and oxygen atoms in total. The van der Waals surface area contributed by atoms with Gasteiger partial charge in [-0.2, -0.15) is 0 Å². The maximum Gasteiger partial charge on any atom is 0.191 e. The van der Waals surface area contributed by atoms with Crippen molar-refractivity contribution in [3.05, 3.63) is 0 Å². The Morgan fingerprint density at radius 2 is 1.96 bits per heavy atom. The van der Waals surface area contributed by atoms with Crippen molar-refractivity contribution in [1.82, 2.24) is 10.6 Å². The van der Waals surface area contributed by atoms with Crippen LogP contribution in [0.4, 0.5) is 0 Å². The lowest BCUT2D eigenvalue weighted by Crippen LogP contribution is -2.65. The summed E-state index contributed by atoms with van der Waals surface area (Å²) in [7, 11) is 0. The molecular formula is C18H35N3O2. The Labute approximate surface area is 141 Å². The Morgan fingerprint density at radius 3 is 2.61 bits per heavy atom. The predicted octanol–water partition coefficient (Wildman–Crippen LogP) is 2.71. The highest BCUT2D eigenvalue weighted by Crippen LogP contribution is 2.54. The molecule has 0 heterocycles. The molecule has 2 atom stereocenters. The van der Waals surface area contributed by atoms with Crippen LogP contribution in [-0.2, 0) is 9.47 Å². The number of nitrogens with zero attached hydrogens (tertiary/aromatic N) is 1. The fraction of sp³-hybridized carbons (Fsp3) is 0.944. The van der Waals surface area contributed by atoms with Crippen molar-refractivity contribution in [2.24, 2.45) is 10.4 Å². The summed E-state index contributed by atoms with van der Waals surface area (Å²) in [4.78, 5) is 4.71. The number of aliphatic imine (C=N–C) groups is 1. The summed E-state index contributed by atoms with van der Waals surface area (Å²) in [6.45, 7) is 10.4. The minimum Gasteiger partial charge on any atom is -0.382 e. The van der Waals surface area contributed by atoms with Gasteiger partial charge in [-0.1, -0.05) is 12.8 Å². The average molecular weight is 325 g/mol. The van der Waals surface area contributed by atoms with Crippen LogP contribution in [0.15, 0.2) is 4.99 Å². The topological polar surface area (TPSA) is 54.9 Å². The van der Waals surface area contributed by atoms with Crippen molar-refractivity contribution < 1.29 is 9.47 Å². The molecule has 0 saturated heterocycles. The van der Waals surface area contributed by atoms with Gasteiger partial charge in [0.2, 0.25) is 0 Å². The van der Waals surface area contributed by atoms with Crippen molar-refractivity contribution in [3.63, 3.8) is 0 Å². The number of guanidine groups is 1. The second kappa shape index (κ2) is 9.48. The number of ether oxygens (including phenoxy) is 2. The maximum atomic E-state index is 6.00. The molecule has 0 aromatic carbocycles. The lowest BCUT2D eigenvalue weighted by Gasteiger charge is -2.54. The van der Waals surface area contributed by atoms with Gasteiger partial charge >= 0.3 is 0 Å². The first-order chi connectivity index (χ1) is 11.3. The van der Waals surface area contributed by atoms with Crippen molar-refractivity contribution in [3.8, 4) is 0 Å². The molecule has 0 radical (unpaired) electrons. The van der Waals surface area contributed by atoms with Gasteiger partial charge < -0.3 is 20.1 Å². The van der Waals surface area contributed by atoms with E-state index in [0.29, 0.717) is 17.6 Å². The Morgan fingerprint density at radius 1 is 1.17 bits per heavy atom. The summed E-state index contributed by atoms with van der Waals surface area (Å²) in [5.74, 6) is 0.954. The molecule has 1 spiro atoms. The summed E-state index contributed by atoms with van der Waals surface area (Å²) in [5, 5.41) is 7.07. The molecule has 5 heteroatoms. The van der Waals surface area contributed by atoms with E-state index in [4.69, 9.17) is 14.5 Å². The van der Waals surface area contributed by atoms with Gasteiger partial charge in [-0.25, -0.2) is 0 Å². The van der Waals surface area contributed by atoms with Crippen molar-refractivity contribution in [1.29, 1.82) is 0 Å². The van der Waals surface area contributed by atoms with E-state index in [0.717, 1.165) is 51.7 Å². The van der Waals surface area contributed by atoms with Gasteiger partial charge in [-0.3, -0.25) is 4.99 Å². The van der Waals surface area contributed by atoms with Gasteiger partial charge in [0.05, 0.1) is 6.10 Å². The summed E-state index contributed by atoms with van der Waals surface area (Å²) in [6, 6.07) is 0.506. The van der Waals surface area contributed by atoms with Crippen molar-refractivity contribution >= 4 is 5.96 Å². The van der Waals surface area contributed by atoms with Crippen LogP contribution in [0.2, 0.25) is 0 Å². The maximum absolute atomic E-state index is 6.00. The van der Waals surface area contributed by atoms with Gasteiger partial charge in [0.15, 0.2) is 5.96 Å². The molecule has 2 aliphatic carbocycles. The zero-order valence-electron chi connectivity index (χ0n) is 15.2. The normalized spacial score (nSPS) is 26.3.